The number of aromatic nitrogens is 1. The molecule has 6 nitrogen and oxygen atoms in total. The second-order valence-electron chi connectivity index (χ2n) is 5.67. The molecule has 1 aliphatic rings. The molecule has 2 aromatic rings. The van der Waals surface area contributed by atoms with Crippen molar-refractivity contribution in [3.8, 4) is 0 Å². The van der Waals surface area contributed by atoms with Crippen molar-refractivity contribution >= 4 is 21.0 Å². The highest BCUT2D eigenvalue weighted by Crippen LogP contribution is 2.22. The maximum Gasteiger partial charge on any atom is 0.220 e. The third kappa shape index (κ3) is 2.95. The third-order valence-corrected chi connectivity index (χ3v) is 5.41. The molecular weight excluding hydrogens is 290 g/mol. The van der Waals surface area contributed by atoms with E-state index in [1.807, 2.05) is 32.0 Å². The van der Waals surface area contributed by atoms with Crippen LogP contribution >= 0.6 is 0 Å². The number of piperazine rings is 1. The number of nitrogens with one attached hydrogen (secondary N) is 1. The first-order chi connectivity index (χ1) is 9.95. The zero-order valence-electron chi connectivity index (χ0n) is 12.1. The first-order valence-corrected chi connectivity index (χ1v) is 8.64. The number of nitrogens with zero attached hydrogens (tertiary/aromatic N) is 2. The number of para-hydroxylation sites is 1. The Hall–Kier alpha value is -1.44. The summed E-state index contributed by atoms with van der Waals surface area (Å²) < 4.78 is 31.9. The van der Waals surface area contributed by atoms with Gasteiger partial charge in [-0.1, -0.05) is 17.3 Å². The second kappa shape index (κ2) is 5.40. The van der Waals surface area contributed by atoms with Gasteiger partial charge in [0, 0.05) is 30.6 Å². The highest BCUT2D eigenvalue weighted by molar-refractivity contribution is 7.88. The Morgan fingerprint density at radius 3 is 2.67 bits per heavy atom. The molecule has 1 aliphatic heterocycles. The van der Waals surface area contributed by atoms with Crippen LogP contribution in [0.25, 0.3) is 11.0 Å². The maximum atomic E-state index is 12.6. The monoisotopic (exact) mass is 309 g/mol. The lowest BCUT2D eigenvalue weighted by molar-refractivity contribution is 0.262. The number of sulfonamides is 1. The van der Waals surface area contributed by atoms with Gasteiger partial charge in [-0.2, -0.15) is 4.31 Å². The zero-order valence-corrected chi connectivity index (χ0v) is 12.9. The van der Waals surface area contributed by atoms with Crippen molar-refractivity contribution in [2.75, 3.05) is 13.1 Å². The molecule has 0 spiro atoms. The van der Waals surface area contributed by atoms with E-state index in [1.165, 1.54) is 0 Å². The minimum atomic E-state index is -3.39. The molecule has 0 saturated carbocycles. The van der Waals surface area contributed by atoms with Crippen LogP contribution in [0.5, 0.6) is 0 Å². The van der Waals surface area contributed by atoms with E-state index in [4.69, 9.17) is 4.52 Å². The number of rotatable bonds is 3. The molecule has 0 aliphatic carbocycles. The van der Waals surface area contributed by atoms with Gasteiger partial charge in [-0.15, -0.1) is 0 Å². The number of fused-ring (bicyclic) bond motifs is 1. The average molecular weight is 309 g/mol. The van der Waals surface area contributed by atoms with E-state index in [9.17, 15) is 8.42 Å². The summed E-state index contributed by atoms with van der Waals surface area (Å²) in [6, 6.07) is 7.61. The standard InChI is InChI=1S/C14H19N3O3S/c1-10-7-17(8-11(2)15-10)21(18,19)9-13-12-5-3-4-6-14(12)20-16-13/h3-6,10-11,15H,7-9H2,1-2H3. The fraction of sp³-hybridized carbons (Fsp3) is 0.500. The molecular formula is C14H19N3O3S. The molecule has 0 radical (unpaired) electrons. The Bertz CT molecular complexity index is 731. The van der Waals surface area contributed by atoms with Gasteiger partial charge in [0.25, 0.3) is 0 Å². The van der Waals surface area contributed by atoms with Crippen molar-refractivity contribution in [2.24, 2.45) is 0 Å². The van der Waals surface area contributed by atoms with Gasteiger partial charge in [-0.3, -0.25) is 0 Å². The summed E-state index contributed by atoms with van der Waals surface area (Å²) in [6.07, 6.45) is 0. The van der Waals surface area contributed by atoms with Crippen LogP contribution in [0.3, 0.4) is 0 Å². The first-order valence-electron chi connectivity index (χ1n) is 7.03. The highest BCUT2D eigenvalue weighted by atomic mass is 32.2. The molecule has 1 aromatic carbocycles. The molecule has 0 bridgehead atoms. The highest BCUT2D eigenvalue weighted by Gasteiger charge is 2.31. The Kier molecular flexibility index (Phi) is 3.73. The second-order valence-corrected chi connectivity index (χ2v) is 7.64. The van der Waals surface area contributed by atoms with Gasteiger partial charge in [0.05, 0.1) is 0 Å². The van der Waals surface area contributed by atoms with E-state index >= 15 is 0 Å². The summed E-state index contributed by atoms with van der Waals surface area (Å²) in [4.78, 5) is 0. The van der Waals surface area contributed by atoms with E-state index < -0.39 is 10.0 Å². The van der Waals surface area contributed by atoms with Crippen LogP contribution in [0.15, 0.2) is 28.8 Å². The smallest absolute Gasteiger partial charge is 0.220 e. The fourth-order valence-corrected chi connectivity index (χ4v) is 4.45. The predicted octanol–water partition coefficient (Wildman–Crippen LogP) is 1.34. The molecule has 1 N–H and O–H groups in total. The van der Waals surface area contributed by atoms with Crippen LogP contribution in [0.1, 0.15) is 19.5 Å². The Balaban J connectivity index is 1.86. The van der Waals surface area contributed by atoms with Crippen molar-refractivity contribution in [1.82, 2.24) is 14.8 Å². The van der Waals surface area contributed by atoms with Crippen molar-refractivity contribution in [1.29, 1.82) is 0 Å². The van der Waals surface area contributed by atoms with Gasteiger partial charge in [0.2, 0.25) is 10.0 Å². The summed E-state index contributed by atoms with van der Waals surface area (Å²) >= 11 is 0. The topological polar surface area (TPSA) is 75.4 Å². The average Bonchev–Trinajstić information content (AvgIpc) is 2.81. The van der Waals surface area contributed by atoms with E-state index in [-0.39, 0.29) is 17.8 Å². The molecule has 3 rings (SSSR count). The molecule has 114 valence electrons. The molecule has 1 aromatic heterocycles. The Labute approximate surface area is 124 Å². The van der Waals surface area contributed by atoms with Crippen LogP contribution in [0, 0.1) is 0 Å². The summed E-state index contributed by atoms with van der Waals surface area (Å²) in [5.41, 5.74) is 1.09. The minimum absolute atomic E-state index is 0.122. The van der Waals surface area contributed by atoms with E-state index in [0.717, 1.165) is 5.39 Å². The molecule has 2 heterocycles. The van der Waals surface area contributed by atoms with Crippen LogP contribution in [0.2, 0.25) is 0 Å². The van der Waals surface area contributed by atoms with E-state index in [1.54, 1.807) is 10.4 Å². The van der Waals surface area contributed by atoms with Gasteiger partial charge in [0.15, 0.2) is 5.58 Å². The number of benzene rings is 1. The van der Waals surface area contributed by atoms with E-state index in [2.05, 4.69) is 10.5 Å². The summed E-state index contributed by atoms with van der Waals surface area (Å²) in [5.74, 6) is -0.122. The Morgan fingerprint density at radius 1 is 1.29 bits per heavy atom. The van der Waals surface area contributed by atoms with Crippen LogP contribution in [0.4, 0.5) is 0 Å². The van der Waals surface area contributed by atoms with Crippen molar-refractivity contribution in [2.45, 2.75) is 31.7 Å². The molecule has 21 heavy (non-hydrogen) atoms. The fourth-order valence-electron chi connectivity index (χ4n) is 2.81. The lowest BCUT2D eigenvalue weighted by Crippen LogP contribution is -2.55. The van der Waals surface area contributed by atoms with Gasteiger partial charge in [-0.05, 0) is 26.0 Å². The molecule has 1 saturated heterocycles. The normalized spacial score (nSPS) is 24.5. The Morgan fingerprint density at radius 2 is 1.95 bits per heavy atom. The summed E-state index contributed by atoms with van der Waals surface area (Å²) in [6.45, 7) is 4.96. The zero-order chi connectivity index (χ0) is 15.0. The predicted molar refractivity (Wildman–Crippen MR) is 80.3 cm³/mol. The quantitative estimate of drug-likeness (QED) is 0.926. The molecule has 1 fully saturated rings. The molecule has 2 atom stereocenters. The van der Waals surface area contributed by atoms with Gasteiger partial charge >= 0.3 is 0 Å². The third-order valence-electron chi connectivity index (χ3n) is 3.69. The van der Waals surface area contributed by atoms with Gasteiger partial charge in [0.1, 0.15) is 11.4 Å². The minimum Gasteiger partial charge on any atom is -0.356 e. The first kappa shape index (κ1) is 14.5. The summed E-state index contributed by atoms with van der Waals surface area (Å²) in [7, 11) is -3.39. The lowest BCUT2D eigenvalue weighted by Gasteiger charge is -2.35. The van der Waals surface area contributed by atoms with Crippen LogP contribution in [-0.2, 0) is 15.8 Å². The van der Waals surface area contributed by atoms with E-state index in [0.29, 0.717) is 24.4 Å². The van der Waals surface area contributed by atoms with Crippen molar-refractivity contribution < 1.29 is 12.9 Å². The lowest BCUT2D eigenvalue weighted by atomic mass is 10.2. The largest absolute Gasteiger partial charge is 0.356 e. The van der Waals surface area contributed by atoms with Crippen LogP contribution < -0.4 is 5.32 Å². The van der Waals surface area contributed by atoms with Gasteiger partial charge in [-0.25, -0.2) is 8.42 Å². The molecule has 7 heteroatoms. The maximum absolute atomic E-state index is 12.6. The summed E-state index contributed by atoms with van der Waals surface area (Å²) in [5, 5.41) is 8.01. The molecule has 2 unspecified atom stereocenters. The molecule has 0 amide bonds. The number of hydrogen-bond donors (Lipinski definition) is 1. The van der Waals surface area contributed by atoms with Crippen LogP contribution in [-0.4, -0.2) is 43.1 Å². The van der Waals surface area contributed by atoms with Crippen molar-refractivity contribution in [3.05, 3.63) is 30.0 Å². The SMILES string of the molecule is CC1CN(S(=O)(=O)Cc2noc3ccccc23)CC(C)N1. The van der Waals surface area contributed by atoms with Gasteiger partial charge < -0.3 is 9.84 Å². The van der Waals surface area contributed by atoms with Crippen molar-refractivity contribution in [3.63, 3.8) is 0 Å². The number of hydrogen-bond acceptors (Lipinski definition) is 5.